The average Bonchev–Trinajstić information content (AvgIpc) is 3.46. The van der Waals surface area contributed by atoms with Crippen molar-refractivity contribution in [1.29, 1.82) is 5.26 Å². The van der Waals surface area contributed by atoms with Crippen LogP contribution in [0.2, 0.25) is 5.02 Å². The lowest BCUT2D eigenvalue weighted by atomic mass is 9.49. The van der Waals surface area contributed by atoms with Crippen LogP contribution < -0.4 is 25.2 Å². The predicted octanol–water partition coefficient (Wildman–Crippen LogP) is 4.85. The number of halogens is 1. The molecule has 16 heteroatoms. The number of benzene rings is 2. The zero-order valence-electron chi connectivity index (χ0n) is 34.1. The number of amides is 6. The summed E-state index contributed by atoms with van der Waals surface area (Å²) in [5, 5.41) is 16.9. The maximum Gasteiger partial charge on any atom is 0.343 e. The van der Waals surface area contributed by atoms with Gasteiger partial charge >= 0.3 is 6.03 Å². The van der Waals surface area contributed by atoms with E-state index in [-0.39, 0.29) is 53.0 Å². The van der Waals surface area contributed by atoms with Crippen molar-refractivity contribution in [3.05, 3.63) is 82.0 Å². The standard InChI is InChI=1S/C44H48ClN9O6/c1-43(2)40(44(3,4)41(43)60-31-8-5-26(20-46)34(45)19-31)49-37(56)27-6-10-35(47-21-27)51-14-11-25(12-15-51)22-50-23-29-17-30(24-50)53(29)28-7-9-32-33(18-28)39(58)54(38(32)57)52-16-13-36(55)48-42(52)59/h5-10,18-19,21,25,29-30,40-41H,11-17,22-24H2,1-4H3,(H,49,56)(H,48,55,59). The number of ether oxygens (including phenoxy) is 1. The van der Waals surface area contributed by atoms with Gasteiger partial charge in [0.1, 0.15) is 23.7 Å². The van der Waals surface area contributed by atoms with Crippen LogP contribution in [0.5, 0.6) is 5.75 Å². The largest absolute Gasteiger partial charge is 0.489 e. The summed E-state index contributed by atoms with van der Waals surface area (Å²) in [5.74, 6) is 0.294. The molecular formula is C44H48ClN9O6. The second kappa shape index (κ2) is 14.8. The second-order valence-corrected chi connectivity index (χ2v) is 18.6. The number of piperidine rings is 2. The first-order chi connectivity index (χ1) is 28.6. The molecule has 0 radical (unpaired) electrons. The molecule has 5 saturated heterocycles. The van der Waals surface area contributed by atoms with Crippen LogP contribution in [0, 0.1) is 28.1 Å². The predicted molar refractivity (Wildman–Crippen MR) is 221 cm³/mol. The lowest BCUT2D eigenvalue weighted by Gasteiger charge is -2.63. The molecule has 6 aliphatic heterocycles. The molecule has 312 valence electrons. The number of aromatic nitrogens is 1. The molecule has 6 fully saturated rings. The summed E-state index contributed by atoms with van der Waals surface area (Å²) in [7, 11) is 0. The summed E-state index contributed by atoms with van der Waals surface area (Å²) >= 11 is 6.25. The maximum absolute atomic E-state index is 13.5. The van der Waals surface area contributed by atoms with Gasteiger partial charge in [0.15, 0.2) is 0 Å². The van der Waals surface area contributed by atoms with E-state index in [1.165, 1.54) is 0 Å². The fourth-order valence-corrected chi connectivity index (χ4v) is 11.0. The van der Waals surface area contributed by atoms with Gasteiger partial charge in [0.2, 0.25) is 5.91 Å². The SMILES string of the molecule is CC1(C)C(NC(=O)c2ccc(N3CCC(CN4CC5CC(C4)N5c4ccc5c(c4)C(=O)N(N4CCC(=O)NC4=O)C5=O)CC3)nc2)C(C)(C)C1Oc1ccc(C#N)c(Cl)c1. The zero-order valence-corrected chi connectivity index (χ0v) is 34.9. The highest BCUT2D eigenvalue weighted by molar-refractivity contribution is 6.31. The lowest BCUT2D eigenvalue weighted by Crippen LogP contribution is -2.74. The molecule has 3 aromatic rings. The minimum Gasteiger partial charge on any atom is -0.489 e. The summed E-state index contributed by atoms with van der Waals surface area (Å²) in [4.78, 5) is 76.0. The summed E-state index contributed by atoms with van der Waals surface area (Å²) in [6.07, 6.45) is 4.65. The topological polar surface area (TPSA) is 172 Å². The number of nitriles is 1. The Labute approximate surface area is 353 Å². The normalized spacial score (nSPS) is 25.9. The van der Waals surface area contributed by atoms with Gasteiger partial charge in [-0.15, -0.1) is 0 Å². The minimum atomic E-state index is -0.773. The summed E-state index contributed by atoms with van der Waals surface area (Å²) < 4.78 is 6.38. The first kappa shape index (κ1) is 39.7. The Bertz CT molecular complexity index is 2310. The highest BCUT2D eigenvalue weighted by Crippen LogP contribution is 2.55. The maximum atomic E-state index is 13.5. The highest BCUT2D eigenvalue weighted by Gasteiger charge is 2.64. The molecular weight excluding hydrogens is 786 g/mol. The van der Waals surface area contributed by atoms with Gasteiger partial charge in [-0.2, -0.15) is 10.3 Å². The van der Waals surface area contributed by atoms with Crippen LogP contribution in [0.15, 0.2) is 54.7 Å². The third-order valence-corrected chi connectivity index (χ3v) is 13.9. The van der Waals surface area contributed by atoms with Gasteiger partial charge in [0.05, 0.1) is 33.8 Å². The van der Waals surface area contributed by atoms with E-state index >= 15 is 0 Å². The average molecular weight is 834 g/mol. The number of nitrogens with one attached hydrogen (secondary N) is 2. The first-order valence-electron chi connectivity index (χ1n) is 20.7. The van der Waals surface area contributed by atoms with E-state index in [1.54, 1.807) is 36.5 Å². The molecule has 2 bridgehead atoms. The quantitative estimate of drug-likeness (QED) is 0.283. The van der Waals surface area contributed by atoms with Crippen molar-refractivity contribution in [3.63, 3.8) is 0 Å². The minimum absolute atomic E-state index is 0.0167. The van der Waals surface area contributed by atoms with Crippen LogP contribution in [0.3, 0.4) is 0 Å². The second-order valence-electron chi connectivity index (χ2n) is 18.2. The van der Waals surface area contributed by atoms with Crippen LogP contribution in [-0.4, -0.2) is 113 Å². The Kier molecular flexibility index (Phi) is 9.78. The van der Waals surface area contributed by atoms with Crippen molar-refractivity contribution in [3.8, 4) is 11.8 Å². The van der Waals surface area contributed by atoms with Gasteiger partial charge in [-0.05, 0) is 67.6 Å². The molecule has 1 aliphatic carbocycles. The highest BCUT2D eigenvalue weighted by atomic mass is 35.5. The third kappa shape index (κ3) is 6.70. The van der Waals surface area contributed by atoms with E-state index in [1.807, 2.05) is 18.2 Å². The Balaban J connectivity index is 0.745. The number of rotatable bonds is 9. The van der Waals surface area contributed by atoms with E-state index < -0.39 is 23.8 Å². The number of pyridine rings is 1. The number of piperazine rings is 1. The molecule has 1 saturated carbocycles. The van der Waals surface area contributed by atoms with Crippen molar-refractivity contribution in [2.75, 3.05) is 49.1 Å². The van der Waals surface area contributed by atoms with Crippen LogP contribution >= 0.6 is 11.6 Å². The van der Waals surface area contributed by atoms with Gasteiger partial charge in [-0.25, -0.2) is 14.8 Å². The Morgan fingerprint density at radius 3 is 2.32 bits per heavy atom. The number of urea groups is 1. The molecule has 2 atom stereocenters. The molecule has 1 aromatic heterocycles. The Hall–Kier alpha value is -5.72. The molecule has 0 spiro atoms. The van der Waals surface area contributed by atoms with Crippen molar-refractivity contribution in [1.82, 2.24) is 30.5 Å². The molecule has 6 amide bonds. The number of hydrazine groups is 1. The summed E-state index contributed by atoms with van der Waals surface area (Å²) in [6, 6.07) is 16.0. The lowest BCUT2D eigenvalue weighted by molar-refractivity contribution is -0.164. The van der Waals surface area contributed by atoms with E-state index in [0.717, 1.165) is 73.5 Å². The van der Waals surface area contributed by atoms with Gasteiger partial charge in [0, 0.05) is 86.1 Å². The molecule has 15 nitrogen and oxygen atoms in total. The van der Waals surface area contributed by atoms with E-state index in [0.29, 0.717) is 39.9 Å². The third-order valence-electron chi connectivity index (χ3n) is 13.6. The van der Waals surface area contributed by atoms with Gasteiger partial charge < -0.3 is 19.9 Å². The van der Waals surface area contributed by atoms with Gasteiger partial charge in [-0.3, -0.25) is 29.4 Å². The Morgan fingerprint density at radius 2 is 1.67 bits per heavy atom. The molecule has 2 unspecified atom stereocenters. The van der Waals surface area contributed by atoms with Crippen molar-refractivity contribution in [2.24, 2.45) is 16.7 Å². The van der Waals surface area contributed by atoms with E-state index in [9.17, 15) is 29.2 Å². The number of anilines is 2. The van der Waals surface area contributed by atoms with E-state index in [2.05, 4.69) is 59.1 Å². The van der Waals surface area contributed by atoms with Gasteiger partial charge in [0.25, 0.3) is 17.7 Å². The van der Waals surface area contributed by atoms with Crippen molar-refractivity contribution >= 4 is 52.8 Å². The number of carbonyl (C=O) groups excluding carboxylic acids is 5. The number of hydrogen-bond donors (Lipinski definition) is 2. The fourth-order valence-electron chi connectivity index (χ4n) is 10.8. The molecule has 60 heavy (non-hydrogen) atoms. The van der Waals surface area contributed by atoms with E-state index in [4.69, 9.17) is 21.3 Å². The Morgan fingerprint density at radius 1 is 0.950 bits per heavy atom. The number of carbonyl (C=O) groups is 5. The molecule has 10 rings (SSSR count). The number of hydrogen-bond acceptors (Lipinski definition) is 11. The molecule has 7 heterocycles. The molecule has 2 aromatic carbocycles. The van der Waals surface area contributed by atoms with Crippen molar-refractivity contribution in [2.45, 2.75) is 77.6 Å². The number of imide groups is 2. The van der Waals surface area contributed by atoms with Crippen LogP contribution in [-0.2, 0) is 4.79 Å². The smallest absolute Gasteiger partial charge is 0.343 e. The molecule has 2 N–H and O–H groups in total. The number of fused-ring (bicyclic) bond motifs is 3. The zero-order chi connectivity index (χ0) is 42.2. The van der Waals surface area contributed by atoms with Gasteiger partial charge in [-0.1, -0.05) is 39.3 Å². The first-order valence-corrected chi connectivity index (χ1v) is 21.0. The van der Waals surface area contributed by atoms with Crippen LogP contribution in [0.1, 0.15) is 90.0 Å². The van der Waals surface area contributed by atoms with Crippen molar-refractivity contribution < 1.29 is 28.7 Å². The summed E-state index contributed by atoms with van der Waals surface area (Å²) in [5.41, 5.74) is 1.59. The van der Waals surface area contributed by atoms with Crippen LogP contribution in [0.4, 0.5) is 16.3 Å². The molecule has 7 aliphatic rings. The number of nitrogens with zero attached hydrogens (tertiary/aromatic N) is 7. The summed E-state index contributed by atoms with van der Waals surface area (Å²) in [6.45, 7) is 12.9. The van der Waals surface area contributed by atoms with Crippen LogP contribution in [0.25, 0.3) is 0 Å². The monoisotopic (exact) mass is 833 g/mol. The fraction of sp³-hybridized carbons (Fsp3) is 0.477.